The van der Waals surface area contributed by atoms with Gasteiger partial charge in [-0.3, -0.25) is 9.59 Å². The number of aromatic hydroxyl groups is 1. The summed E-state index contributed by atoms with van der Waals surface area (Å²) in [5.41, 5.74) is 0.570. The predicted octanol–water partition coefficient (Wildman–Crippen LogP) is 2.31. The summed E-state index contributed by atoms with van der Waals surface area (Å²) in [6.07, 6.45) is -3.77. The molecule has 2 aromatic carbocycles. The van der Waals surface area contributed by atoms with Gasteiger partial charge >= 0.3 is 18.1 Å². The van der Waals surface area contributed by atoms with Crippen LogP contribution in [0.15, 0.2) is 42.5 Å². The monoisotopic (exact) mass is 364 g/mol. The Morgan fingerprint density at radius 3 is 2.58 bits per heavy atom. The molecule has 3 rings (SSSR count). The van der Waals surface area contributed by atoms with E-state index in [0.29, 0.717) is 5.56 Å². The average Bonchev–Trinajstić information content (AvgIpc) is 2.89. The average molecular weight is 364 g/mol. The highest BCUT2D eigenvalue weighted by Crippen LogP contribution is 2.42. The molecule has 2 N–H and O–H groups in total. The van der Waals surface area contributed by atoms with Crippen molar-refractivity contribution >= 4 is 17.5 Å². The van der Waals surface area contributed by atoms with Crippen LogP contribution in [0.2, 0.25) is 0 Å². The van der Waals surface area contributed by atoms with Gasteiger partial charge in [0.15, 0.2) is 11.5 Å². The number of ether oxygens (including phenoxy) is 2. The number of phenolic OH excluding ortho intramolecular Hbond substituents is 1. The minimum absolute atomic E-state index is 0.00394. The summed E-state index contributed by atoms with van der Waals surface area (Å²) in [6, 6.07) is 10.0. The van der Waals surface area contributed by atoms with Gasteiger partial charge in [-0.1, -0.05) is 18.2 Å². The summed E-state index contributed by atoms with van der Waals surface area (Å²) in [7, 11) is 1.40. The molecule has 1 heterocycles. The molecule has 26 heavy (non-hydrogen) atoms. The normalized spacial score (nSPS) is 14.0. The number of nitrogens with one attached hydrogen (secondary N) is 1. The molecule has 0 atom stereocenters. The third kappa shape index (κ3) is 3.66. The molecule has 0 aliphatic carbocycles. The van der Waals surface area contributed by atoms with Crippen molar-refractivity contribution in [1.82, 2.24) is 4.90 Å². The number of alkyl halides is 2. The molecule has 0 saturated heterocycles. The molecular weight excluding hydrogens is 350 g/mol. The van der Waals surface area contributed by atoms with Gasteiger partial charge < -0.3 is 24.8 Å². The van der Waals surface area contributed by atoms with Gasteiger partial charge in [0.2, 0.25) is 0 Å². The second-order valence-electron chi connectivity index (χ2n) is 5.57. The lowest BCUT2D eigenvalue weighted by Gasteiger charge is -2.17. The first-order valence-corrected chi connectivity index (χ1v) is 7.48. The summed E-state index contributed by atoms with van der Waals surface area (Å²) in [5.74, 6) is -2.24. The Labute approximate surface area is 146 Å². The molecule has 0 saturated carbocycles. The van der Waals surface area contributed by atoms with Gasteiger partial charge in [0.25, 0.3) is 0 Å². The Morgan fingerprint density at radius 2 is 1.85 bits per heavy atom. The fourth-order valence-electron chi connectivity index (χ4n) is 2.36. The van der Waals surface area contributed by atoms with E-state index in [9.17, 15) is 23.5 Å². The number of hydrogen-bond donors (Lipinski definition) is 2. The number of likely N-dealkylation sites (N-methyl/N-ethyl adjacent to an activating group) is 1. The van der Waals surface area contributed by atoms with E-state index < -0.39 is 18.1 Å². The molecule has 0 spiro atoms. The van der Waals surface area contributed by atoms with E-state index in [-0.39, 0.29) is 29.5 Å². The van der Waals surface area contributed by atoms with Crippen LogP contribution in [-0.4, -0.2) is 35.2 Å². The maximum atomic E-state index is 13.0. The van der Waals surface area contributed by atoms with Crippen LogP contribution in [0.25, 0.3) is 0 Å². The molecule has 2 aromatic rings. The van der Waals surface area contributed by atoms with E-state index in [0.717, 1.165) is 11.0 Å². The molecule has 0 fully saturated rings. The number of halogens is 2. The van der Waals surface area contributed by atoms with Crippen LogP contribution in [0.3, 0.4) is 0 Å². The van der Waals surface area contributed by atoms with Crippen molar-refractivity contribution in [3.63, 3.8) is 0 Å². The zero-order valence-electron chi connectivity index (χ0n) is 13.5. The highest BCUT2D eigenvalue weighted by molar-refractivity contribution is 6.39. The van der Waals surface area contributed by atoms with Crippen LogP contribution in [0.1, 0.15) is 5.56 Å². The third-order valence-electron chi connectivity index (χ3n) is 3.60. The van der Waals surface area contributed by atoms with Crippen LogP contribution in [0, 0.1) is 0 Å². The lowest BCUT2D eigenvalue weighted by Crippen LogP contribution is -2.36. The first kappa shape index (κ1) is 17.5. The first-order valence-electron chi connectivity index (χ1n) is 7.48. The summed E-state index contributed by atoms with van der Waals surface area (Å²) in [4.78, 5) is 25.3. The summed E-state index contributed by atoms with van der Waals surface area (Å²) in [6.45, 7) is 0.0201. The second kappa shape index (κ2) is 6.51. The fourth-order valence-corrected chi connectivity index (χ4v) is 2.36. The number of para-hydroxylation sites is 1. The first-order chi connectivity index (χ1) is 12.2. The summed E-state index contributed by atoms with van der Waals surface area (Å²) < 4.78 is 34.5. The molecule has 1 aliphatic heterocycles. The van der Waals surface area contributed by atoms with Gasteiger partial charge in [-0.15, -0.1) is 8.78 Å². The van der Waals surface area contributed by atoms with Gasteiger partial charge in [0.1, 0.15) is 5.75 Å². The van der Waals surface area contributed by atoms with Gasteiger partial charge in [0.05, 0.1) is 0 Å². The van der Waals surface area contributed by atoms with Gasteiger partial charge in [-0.2, -0.15) is 0 Å². The maximum Gasteiger partial charge on any atom is 0.586 e. The standard InChI is InChI=1S/C17H14F2N2O5/c1-21(9-10-4-2-3-5-12(10)22)16(24)15(23)20-11-6-7-13-14(8-11)26-17(18,19)25-13/h2-8,22H,9H2,1H3,(H,20,23). The van der Waals surface area contributed by atoms with Crippen LogP contribution in [-0.2, 0) is 16.1 Å². The van der Waals surface area contributed by atoms with Gasteiger partial charge in [0, 0.05) is 30.9 Å². The molecule has 7 nitrogen and oxygen atoms in total. The number of fused-ring (bicyclic) bond motifs is 1. The van der Waals surface area contributed by atoms with E-state index in [1.54, 1.807) is 18.2 Å². The number of carbonyl (C=O) groups is 2. The lowest BCUT2D eigenvalue weighted by atomic mass is 10.2. The Morgan fingerprint density at radius 1 is 1.15 bits per heavy atom. The number of nitrogens with zero attached hydrogens (tertiary/aromatic N) is 1. The number of amides is 2. The second-order valence-corrected chi connectivity index (χ2v) is 5.57. The molecule has 1 aliphatic rings. The Bertz CT molecular complexity index is 872. The van der Waals surface area contributed by atoms with E-state index in [4.69, 9.17) is 0 Å². The zero-order chi connectivity index (χ0) is 18.9. The van der Waals surface area contributed by atoms with Crippen LogP contribution in [0.4, 0.5) is 14.5 Å². The van der Waals surface area contributed by atoms with Crippen molar-refractivity contribution in [2.45, 2.75) is 12.8 Å². The number of rotatable bonds is 3. The molecule has 2 amide bonds. The van der Waals surface area contributed by atoms with Crippen molar-refractivity contribution in [3.8, 4) is 17.2 Å². The third-order valence-corrected chi connectivity index (χ3v) is 3.60. The smallest absolute Gasteiger partial charge is 0.508 e. The quantitative estimate of drug-likeness (QED) is 0.816. The molecule has 9 heteroatoms. The number of phenols is 1. The number of anilines is 1. The molecule has 0 aromatic heterocycles. The minimum Gasteiger partial charge on any atom is -0.508 e. The van der Waals surface area contributed by atoms with Crippen molar-refractivity contribution in [1.29, 1.82) is 0 Å². The van der Waals surface area contributed by atoms with Crippen LogP contribution in [0.5, 0.6) is 17.2 Å². The SMILES string of the molecule is CN(Cc1ccccc1O)C(=O)C(=O)Nc1ccc2c(c1)OC(F)(F)O2. The Balaban J connectivity index is 1.65. The highest BCUT2D eigenvalue weighted by atomic mass is 19.3. The van der Waals surface area contributed by atoms with Crippen LogP contribution >= 0.6 is 0 Å². The maximum absolute atomic E-state index is 13.0. The highest BCUT2D eigenvalue weighted by Gasteiger charge is 2.43. The summed E-state index contributed by atoms with van der Waals surface area (Å²) >= 11 is 0. The predicted molar refractivity (Wildman–Crippen MR) is 85.9 cm³/mol. The number of hydrogen-bond acceptors (Lipinski definition) is 5. The van der Waals surface area contributed by atoms with Crippen molar-refractivity contribution in [2.24, 2.45) is 0 Å². The number of carbonyl (C=O) groups excluding carboxylic acids is 2. The van der Waals surface area contributed by atoms with E-state index in [1.165, 1.54) is 25.2 Å². The topological polar surface area (TPSA) is 88.1 Å². The molecule has 0 radical (unpaired) electrons. The van der Waals surface area contributed by atoms with E-state index in [1.807, 2.05) is 0 Å². The van der Waals surface area contributed by atoms with Gasteiger partial charge in [-0.05, 0) is 18.2 Å². The van der Waals surface area contributed by atoms with Crippen molar-refractivity contribution in [2.75, 3.05) is 12.4 Å². The Kier molecular flexibility index (Phi) is 4.37. The van der Waals surface area contributed by atoms with Crippen molar-refractivity contribution in [3.05, 3.63) is 48.0 Å². The summed E-state index contributed by atoms with van der Waals surface area (Å²) in [5, 5.41) is 12.0. The fraction of sp³-hybridized carbons (Fsp3) is 0.176. The lowest BCUT2D eigenvalue weighted by molar-refractivity contribution is -0.286. The minimum atomic E-state index is -3.77. The molecule has 0 unspecified atom stereocenters. The molecular formula is C17H14F2N2O5. The van der Waals surface area contributed by atoms with E-state index >= 15 is 0 Å². The van der Waals surface area contributed by atoms with Crippen molar-refractivity contribution < 1.29 is 33.0 Å². The molecule has 0 bridgehead atoms. The van der Waals surface area contributed by atoms with Gasteiger partial charge in [-0.25, -0.2) is 0 Å². The molecule has 136 valence electrons. The number of benzene rings is 2. The van der Waals surface area contributed by atoms with E-state index in [2.05, 4.69) is 14.8 Å². The Hall–Kier alpha value is -3.36. The zero-order valence-corrected chi connectivity index (χ0v) is 13.5. The van der Waals surface area contributed by atoms with Crippen LogP contribution < -0.4 is 14.8 Å². The largest absolute Gasteiger partial charge is 0.586 e.